The predicted molar refractivity (Wildman–Crippen MR) is 113 cm³/mol. The van der Waals surface area contributed by atoms with Crippen LogP contribution in [0.25, 0.3) is 5.76 Å². The van der Waals surface area contributed by atoms with Gasteiger partial charge in [-0.05, 0) is 29.8 Å². The third-order valence-electron chi connectivity index (χ3n) is 4.90. The van der Waals surface area contributed by atoms with Crippen LogP contribution in [-0.2, 0) is 14.3 Å². The van der Waals surface area contributed by atoms with Gasteiger partial charge in [0, 0.05) is 44.0 Å². The maximum atomic E-state index is 12.8. The highest BCUT2D eigenvalue weighted by Gasteiger charge is 2.45. The zero-order chi connectivity index (χ0) is 21.1. The van der Waals surface area contributed by atoms with Crippen LogP contribution in [0.2, 0.25) is 5.02 Å². The van der Waals surface area contributed by atoms with E-state index in [1.165, 1.54) is 12.0 Å². The fourth-order valence-electron chi connectivity index (χ4n) is 3.39. The third kappa shape index (κ3) is 4.13. The number of methoxy groups -OCH3 is 1. The monoisotopic (exact) mass is 414 g/mol. The molecule has 1 N–H and O–H groups in total. The molecule has 1 aliphatic heterocycles. The molecule has 2 aromatic rings. The maximum absolute atomic E-state index is 12.8. The van der Waals surface area contributed by atoms with Crippen LogP contribution < -0.4 is 4.90 Å². The number of aliphatic hydroxyl groups excluding tert-OH is 1. The van der Waals surface area contributed by atoms with Crippen LogP contribution in [0.1, 0.15) is 17.2 Å². The minimum atomic E-state index is -0.722. The van der Waals surface area contributed by atoms with Gasteiger partial charge in [0.25, 0.3) is 11.7 Å². The molecule has 0 saturated carbocycles. The minimum absolute atomic E-state index is 0.0472. The van der Waals surface area contributed by atoms with Crippen LogP contribution in [0.4, 0.5) is 5.69 Å². The van der Waals surface area contributed by atoms with E-state index in [1.807, 2.05) is 43.3 Å². The second-order valence-corrected chi connectivity index (χ2v) is 7.42. The molecule has 0 bridgehead atoms. The Kier molecular flexibility index (Phi) is 6.25. The molecule has 7 heteroatoms. The van der Waals surface area contributed by atoms with Crippen molar-refractivity contribution in [3.63, 3.8) is 0 Å². The number of hydrogen-bond donors (Lipinski definition) is 1. The van der Waals surface area contributed by atoms with Crippen molar-refractivity contribution in [1.29, 1.82) is 0 Å². The molecule has 1 heterocycles. The van der Waals surface area contributed by atoms with E-state index in [4.69, 9.17) is 16.3 Å². The number of halogens is 1. The zero-order valence-corrected chi connectivity index (χ0v) is 17.3. The van der Waals surface area contributed by atoms with E-state index in [0.29, 0.717) is 10.6 Å². The molecule has 0 spiro atoms. The number of aliphatic hydroxyl groups is 1. The topological polar surface area (TPSA) is 70.1 Å². The average molecular weight is 415 g/mol. The molecule has 29 heavy (non-hydrogen) atoms. The normalized spacial score (nSPS) is 18.3. The molecule has 6 nitrogen and oxygen atoms in total. The standard InChI is InChI=1S/C22H23ClN2O4/c1-24(2)17-9-7-14(8-10-17)19-18(20(26)15-5-4-6-16(23)13-15)21(27)22(28)25(19)11-12-29-3/h4-10,13,19,26H,11-12H2,1-3H3/b20-18-. The fourth-order valence-corrected chi connectivity index (χ4v) is 3.58. The number of hydrogen-bond acceptors (Lipinski definition) is 5. The number of benzene rings is 2. The lowest BCUT2D eigenvalue weighted by atomic mass is 9.95. The molecule has 1 atom stereocenters. The zero-order valence-electron chi connectivity index (χ0n) is 16.6. The van der Waals surface area contributed by atoms with Crippen LogP contribution in [0.15, 0.2) is 54.1 Å². The first-order chi connectivity index (χ1) is 13.8. The number of Topliss-reactive ketones (excluding diaryl/α,β-unsaturated/α-hetero) is 1. The first kappa shape index (κ1) is 20.9. The molecule has 0 aromatic heterocycles. The van der Waals surface area contributed by atoms with Crippen molar-refractivity contribution in [2.24, 2.45) is 0 Å². The largest absolute Gasteiger partial charge is 0.507 e. The van der Waals surface area contributed by atoms with Crippen molar-refractivity contribution in [1.82, 2.24) is 4.90 Å². The second-order valence-electron chi connectivity index (χ2n) is 6.98. The van der Waals surface area contributed by atoms with Crippen molar-refractivity contribution in [2.75, 3.05) is 39.3 Å². The van der Waals surface area contributed by atoms with E-state index in [1.54, 1.807) is 24.3 Å². The summed E-state index contributed by atoms with van der Waals surface area (Å²) in [6, 6.07) is 13.4. The molecule has 0 radical (unpaired) electrons. The van der Waals surface area contributed by atoms with Crippen molar-refractivity contribution < 1.29 is 19.4 Å². The molecule has 1 saturated heterocycles. The Labute approximate surface area is 174 Å². The van der Waals surface area contributed by atoms with E-state index in [-0.39, 0.29) is 24.5 Å². The van der Waals surface area contributed by atoms with Gasteiger partial charge in [-0.25, -0.2) is 0 Å². The Morgan fingerprint density at radius 3 is 2.45 bits per heavy atom. The number of likely N-dealkylation sites (tertiary alicyclic amines) is 1. The van der Waals surface area contributed by atoms with Crippen molar-refractivity contribution in [2.45, 2.75) is 6.04 Å². The van der Waals surface area contributed by atoms with Crippen molar-refractivity contribution in [3.8, 4) is 0 Å². The lowest BCUT2D eigenvalue weighted by Crippen LogP contribution is -2.32. The summed E-state index contributed by atoms with van der Waals surface area (Å²) in [5.41, 5.74) is 2.15. The Morgan fingerprint density at radius 1 is 1.17 bits per heavy atom. The summed E-state index contributed by atoms with van der Waals surface area (Å²) in [7, 11) is 5.39. The van der Waals surface area contributed by atoms with E-state index < -0.39 is 17.7 Å². The number of nitrogens with zero attached hydrogens (tertiary/aromatic N) is 2. The Bertz CT molecular complexity index is 954. The Balaban J connectivity index is 2.14. The number of ketones is 1. The van der Waals surface area contributed by atoms with Gasteiger partial charge in [-0.1, -0.05) is 35.9 Å². The summed E-state index contributed by atoms with van der Waals surface area (Å²) < 4.78 is 5.11. The summed E-state index contributed by atoms with van der Waals surface area (Å²) in [6.45, 7) is 0.504. The highest BCUT2D eigenvalue weighted by atomic mass is 35.5. The molecular weight excluding hydrogens is 392 g/mol. The summed E-state index contributed by atoms with van der Waals surface area (Å²) in [6.07, 6.45) is 0. The molecular formula is C22H23ClN2O4. The van der Waals surface area contributed by atoms with Gasteiger partial charge < -0.3 is 19.6 Å². The Morgan fingerprint density at radius 2 is 1.86 bits per heavy atom. The van der Waals surface area contributed by atoms with E-state index in [2.05, 4.69) is 0 Å². The van der Waals surface area contributed by atoms with Gasteiger partial charge in [0.05, 0.1) is 18.2 Å². The van der Waals surface area contributed by atoms with Crippen LogP contribution in [0.3, 0.4) is 0 Å². The summed E-state index contributed by atoms with van der Waals surface area (Å²) in [5, 5.41) is 11.4. The molecule has 1 amide bonds. The fraction of sp³-hybridized carbons (Fsp3) is 0.273. The maximum Gasteiger partial charge on any atom is 0.295 e. The molecule has 152 valence electrons. The van der Waals surface area contributed by atoms with Crippen LogP contribution >= 0.6 is 11.6 Å². The molecule has 1 unspecified atom stereocenters. The molecule has 1 fully saturated rings. The van der Waals surface area contributed by atoms with Gasteiger partial charge in [0.15, 0.2) is 0 Å². The summed E-state index contributed by atoms with van der Waals surface area (Å²) in [4.78, 5) is 29.0. The minimum Gasteiger partial charge on any atom is -0.507 e. The van der Waals surface area contributed by atoms with Gasteiger partial charge in [-0.3, -0.25) is 9.59 Å². The number of amides is 1. The van der Waals surface area contributed by atoms with E-state index in [0.717, 1.165) is 11.3 Å². The summed E-state index contributed by atoms with van der Waals surface area (Å²) >= 11 is 6.04. The van der Waals surface area contributed by atoms with Gasteiger partial charge >= 0.3 is 0 Å². The molecule has 3 rings (SSSR count). The molecule has 1 aliphatic rings. The van der Waals surface area contributed by atoms with Gasteiger partial charge in [-0.2, -0.15) is 0 Å². The number of rotatable bonds is 6. The molecule has 0 aliphatic carbocycles. The van der Waals surface area contributed by atoms with Gasteiger partial charge in [0.1, 0.15) is 5.76 Å². The first-order valence-electron chi connectivity index (χ1n) is 9.15. The quantitative estimate of drug-likeness (QED) is 0.445. The number of carbonyl (C=O) groups excluding carboxylic acids is 2. The van der Waals surface area contributed by atoms with Crippen molar-refractivity contribution >= 4 is 34.7 Å². The number of ether oxygens (including phenoxy) is 1. The van der Waals surface area contributed by atoms with Gasteiger partial charge in [-0.15, -0.1) is 0 Å². The molecule has 2 aromatic carbocycles. The Hall–Kier alpha value is -2.83. The van der Waals surface area contributed by atoms with Gasteiger partial charge in [0.2, 0.25) is 0 Å². The lowest BCUT2D eigenvalue weighted by Gasteiger charge is -2.25. The number of carbonyl (C=O) groups is 2. The lowest BCUT2D eigenvalue weighted by molar-refractivity contribution is -0.140. The summed E-state index contributed by atoms with van der Waals surface area (Å²) in [5.74, 6) is -1.62. The SMILES string of the molecule is COCCN1C(=O)C(=O)/C(=C(\O)c2cccc(Cl)c2)C1c1ccc(N(C)C)cc1. The third-order valence-corrected chi connectivity index (χ3v) is 5.13. The van der Waals surface area contributed by atoms with Crippen LogP contribution in [0, 0.1) is 0 Å². The van der Waals surface area contributed by atoms with Crippen LogP contribution in [0.5, 0.6) is 0 Å². The predicted octanol–water partition coefficient (Wildman–Crippen LogP) is 3.47. The first-order valence-corrected chi connectivity index (χ1v) is 9.53. The second kappa shape index (κ2) is 8.68. The highest BCUT2D eigenvalue weighted by molar-refractivity contribution is 6.46. The van der Waals surface area contributed by atoms with Crippen LogP contribution in [-0.4, -0.2) is 56.1 Å². The number of anilines is 1. The van der Waals surface area contributed by atoms with E-state index in [9.17, 15) is 14.7 Å². The highest BCUT2D eigenvalue weighted by Crippen LogP contribution is 2.39. The average Bonchev–Trinajstić information content (AvgIpc) is 2.96. The van der Waals surface area contributed by atoms with Crippen molar-refractivity contribution in [3.05, 3.63) is 70.3 Å². The smallest absolute Gasteiger partial charge is 0.295 e. The van der Waals surface area contributed by atoms with E-state index >= 15 is 0 Å².